The van der Waals surface area contributed by atoms with E-state index in [4.69, 9.17) is 5.73 Å². The number of carbonyl (C=O) groups is 5. The van der Waals surface area contributed by atoms with Crippen molar-refractivity contribution in [1.82, 2.24) is 21.3 Å². The van der Waals surface area contributed by atoms with Gasteiger partial charge in [-0.2, -0.15) is 0 Å². The largest absolute Gasteiger partial charge is 0.480 e. The predicted molar refractivity (Wildman–Crippen MR) is 148 cm³/mol. The number of nitrogens with two attached hydrogens (primary N) is 1. The first-order valence-corrected chi connectivity index (χ1v) is 13.8. The Bertz CT molecular complexity index is 818. The van der Waals surface area contributed by atoms with E-state index in [1.807, 2.05) is 48.5 Å². The summed E-state index contributed by atoms with van der Waals surface area (Å²) in [5.74, 6) is -3.96. The molecule has 0 saturated heterocycles. The quantitative estimate of drug-likeness (QED) is 0.126. The summed E-state index contributed by atoms with van der Waals surface area (Å²) in [4.78, 5) is 63.3. The zero-order valence-electron chi connectivity index (χ0n) is 24.7. The normalized spacial score (nSPS) is 16.1. The molecule has 0 unspecified atom stereocenters. The average Bonchev–Trinajstić information content (AvgIpc) is 2.82. The van der Waals surface area contributed by atoms with Crippen LogP contribution in [-0.2, 0) is 24.0 Å². The summed E-state index contributed by atoms with van der Waals surface area (Å²) in [5.41, 5.74) is 5.96. The SMILES string of the molecule is CC[C@H](C)[C@H](NC(=O)[C@@H](N)CC(C)C)C(=O)N[C@@H](CO)C(=O)N[C@@H](CC(C)C)C(=O)N[C@@H](CC(C)C)C(=O)O. The second-order valence-electron chi connectivity index (χ2n) is 11.6. The van der Waals surface area contributed by atoms with Crippen LogP contribution in [0.2, 0.25) is 0 Å². The number of hydrogen-bond donors (Lipinski definition) is 7. The number of carbonyl (C=O) groups excluding carboxylic acids is 4. The zero-order valence-corrected chi connectivity index (χ0v) is 24.7. The smallest absolute Gasteiger partial charge is 0.326 e. The number of aliphatic hydroxyl groups excluding tert-OH is 1. The Morgan fingerprint density at radius 2 is 1.08 bits per heavy atom. The van der Waals surface area contributed by atoms with Gasteiger partial charge in [-0.15, -0.1) is 0 Å². The molecular weight excluding hydrogens is 506 g/mol. The van der Waals surface area contributed by atoms with Crippen LogP contribution in [-0.4, -0.2) is 76.6 Å². The van der Waals surface area contributed by atoms with E-state index in [1.165, 1.54) is 0 Å². The molecule has 4 amide bonds. The highest BCUT2D eigenvalue weighted by Gasteiger charge is 2.33. The molecule has 0 radical (unpaired) electrons. The Kier molecular flexibility index (Phi) is 16.5. The Hall–Kier alpha value is -2.73. The van der Waals surface area contributed by atoms with Crippen LogP contribution in [0.5, 0.6) is 0 Å². The highest BCUT2D eigenvalue weighted by molar-refractivity contribution is 5.95. The number of aliphatic carboxylic acids is 1. The Labute approximate surface area is 232 Å². The van der Waals surface area contributed by atoms with Crippen molar-refractivity contribution in [3.05, 3.63) is 0 Å². The molecule has 12 heteroatoms. The van der Waals surface area contributed by atoms with Crippen LogP contribution in [0.3, 0.4) is 0 Å². The fourth-order valence-electron chi connectivity index (χ4n) is 3.97. The molecule has 226 valence electrons. The van der Waals surface area contributed by atoms with Crippen LogP contribution in [0.4, 0.5) is 0 Å². The number of amides is 4. The molecule has 0 aromatic rings. The standard InChI is InChI=1S/C27H51N5O7/c1-9-17(8)22(32-23(34)18(28)10-14(2)3)26(37)31-21(13-33)25(36)29-19(11-15(4)5)24(35)30-20(27(38)39)12-16(6)7/h14-22,33H,9-13,28H2,1-8H3,(H,29,36)(H,30,35)(H,31,37)(H,32,34)(H,38,39)/t17-,18-,19-,20-,21-,22-/m0/s1. The number of nitrogens with one attached hydrogen (secondary N) is 4. The predicted octanol–water partition coefficient (Wildman–Crippen LogP) is 0.514. The van der Waals surface area contributed by atoms with Crippen molar-refractivity contribution in [3.8, 4) is 0 Å². The first-order valence-electron chi connectivity index (χ1n) is 13.8. The first kappa shape index (κ1) is 36.3. The van der Waals surface area contributed by atoms with Crippen molar-refractivity contribution in [3.63, 3.8) is 0 Å². The van der Waals surface area contributed by atoms with E-state index in [0.717, 1.165) is 0 Å². The summed E-state index contributed by atoms with van der Waals surface area (Å²) in [6, 6.07) is -5.42. The van der Waals surface area contributed by atoms with Crippen molar-refractivity contribution < 1.29 is 34.2 Å². The molecule has 0 aromatic carbocycles. The van der Waals surface area contributed by atoms with Crippen LogP contribution in [0.25, 0.3) is 0 Å². The van der Waals surface area contributed by atoms with E-state index in [0.29, 0.717) is 12.8 Å². The van der Waals surface area contributed by atoms with Gasteiger partial charge in [0.1, 0.15) is 24.2 Å². The second kappa shape index (κ2) is 17.8. The first-order chi connectivity index (χ1) is 18.0. The van der Waals surface area contributed by atoms with Crippen LogP contribution in [0, 0.1) is 23.7 Å². The maximum Gasteiger partial charge on any atom is 0.326 e. The number of carboxylic acid groups (broad SMARTS) is 1. The number of rotatable bonds is 18. The fraction of sp³-hybridized carbons (Fsp3) is 0.815. The van der Waals surface area contributed by atoms with Gasteiger partial charge >= 0.3 is 5.97 Å². The summed E-state index contributed by atoms with van der Waals surface area (Å²) >= 11 is 0. The van der Waals surface area contributed by atoms with Crippen molar-refractivity contribution in [2.75, 3.05) is 6.61 Å². The Balaban J connectivity index is 5.62. The molecule has 0 spiro atoms. The maximum absolute atomic E-state index is 13.1. The third-order valence-corrected chi connectivity index (χ3v) is 6.33. The molecule has 0 aliphatic heterocycles. The summed E-state index contributed by atoms with van der Waals surface area (Å²) in [5, 5.41) is 29.5. The Morgan fingerprint density at radius 1 is 0.641 bits per heavy atom. The lowest BCUT2D eigenvalue weighted by Gasteiger charge is -2.28. The molecular formula is C27H51N5O7. The van der Waals surface area contributed by atoms with Gasteiger partial charge in [0.15, 0.2) is 0 Å². The van der Waals surface area contributed by atoms with Gasteiger partial charge in [-0.3, -0.25) is 19.2 Å². The molecule has 8 N–H and O–H groups in total. The lowest BCUT2D eigenvalue weighted by Crippen LogP contribution is -2.60. The molecule has 6 atom stereocenters. The topological polar surface area (TPSA) is 200 Å². The van der Waals surface area contributed by atoms with E-state index in [-0.39, 0.29) is 36.5 Å². The molecule has 0 heterocycles. The van der Waals surface area contributed by atoms with Crippen LogP contribution in [0.15, 0.2) is 0 Å². The van der Waals surface area contributed by atoms with Crippen LogP contribution in [0.1, 0.15) is 81.1 Å². The number of carboxylic acids is 1. The molecule has 0 saturated carbocycles. The highest BCUT2D eigenvalue weighted by Crippen LogP contribution is 2.12. The molecule has 0 rings (SSSR count). The summed E-state index contributed by atoms with van der Waals surface area (Å²) < 4.78 is 0. The van der Waals surface area contributed by atoms with Crippen molar-refractivity contribution in [2.24, 2.45) is 29.4 Å². The average molecular weight is 558 g/mol. The minimum atomic E-state index is -1.40. The molecule has 0 aliphatic carbocycles. The van der Waals surface area contributed by atoms with Gasteiger partial charge in [0, 0.05) is 0 Å². The molecule has 0 aromatic heterocycles. The van der Waals surface area contributed by atoms with E-state index in [2.05, 4.69) is 21.3 Å². The second-order valence-corrected chi connectivity index (χ2v) is 11.6. The Morgan fingerprint density at radius 3 is 1.51 bits per heavy atom. The van der Waals surface area contributed by atoms with Gasteiger partial charge < -0.3 is 37.2 Å². The third kappa shape index (κ3) is 13.8. The van der Waals surface area contributed by atoms with Gasteiger partial charge in [0.25, 0.3) is 0 Å². The zero-order chi connectivity index (χ0) is 30.4. The molecule has 12 nitrogen and oxygen atoms in total. The summed E-state index contributed by atoms with van der Waals surface area (Å²) in [6.07, 6.45) is 1.40. The molecule has 0 bridgehead atoms. The number of aliphatic hydroxyl groups is 1. The summed E-state index contributed by atoms with van der Waals surface area (Å²) in [7, 11) is 0. The van der Waals surface area contributed by atoms with Gasteiger partial charge in [-0.1, -0.05) is 61.8 Å². The highest BCUT2D eigenvalue weighted by atomic mass is 16.4. The van der Waals surface area contributed by atoms with Crippen LogP contribution >= 0.6 is 0 Å². The number of hydrogen-bond acceptors (Lipinski definition) is 7. The fourth-order valence-corrected chi connectivity index (χ4v) is 3.97. The van der Waals surface area contributed by atoms with E-state index < -0.39 is 66.4 Å². The van der Waals surface area contributed by atoms with E-state index in [1.54, 1.807) is 6.92 Å². The molecule has 0 fully saturated rings. The van der Waals surface area contributed by atoms with Crippen molar-refractivity contribution >= 4 is 29.6 Å². The minimum Gasteiger partial charge on any atom is -0.480 e. The lowest BCUT2D eigenvalue weighted by atomic mass is 9.96. The maximum atomic E-state index is 13.1. The molecule has 0 aliphatic rings. The summed E-state index contributed by atoms with van der Waals surface area (Å²) in [6.45, 7) is 14.0. The van der Waals surface area contributed by atoms with Crippen molar-refractivity contribution in [2.45, 2.75) is 111 Å². The molecule has 39 heavy (non-hydrogen) atoms. The van der Waals surface area contributed by atoms with E-state index >= 15 is 0 Å². The lowest BCUT2D eigenvalue weighted by molar-refractivity contribution is -0.143. The van der Waals surface area contributed by atoms with Gasteiger partial charge in [-0.25, -0.2) is 4.79 Å². The monoisotopic (exact) mass is 557 g/mol. The third-order valence-electron chi connectivity index (χ3n) is 6.33. The van der Waals surface area contributed by atoms with E-state index in [9.17, 15) is 34.2 Å². The van der Waals surface area contributed by atoms with Gasteiger partial charge in [-0.05, 0) is 42.9 Å². The van der Waals surface area contributed by atoms with Gasteiger partial charge in [0.05, 0.1) is 12.6 Å². The minimum absolute atomic E-state index is 0.0115. The van der Waals surface area contributed by atoms with Gasteiger partial charge in [0.2, 0.25) is 23.6 Å². The van der Waals surface area contributed by atoms with Crippen molar-refractivity contribution in [1.29, 1.82) is 0 Å². The van der Waals surface area contributed by atoms with Crippen LogP contribution < -0.4 is 27.0 Å².